The van der Waals surface area contributed by atoms with E-state index in [0.29, 0.717) is 34.9 Å². The van der Waals surface area contributed by atoms with Crippen LogP contribution < -0.4 is 14.4 Å². The molecule has 1 heterocycles. The number of hydrogen-bond acceptors (Lipinski definition) is 6. The van der Waals surface area contributed by atoms with E-state index in [1.807, 2.05) is 4.90 Å². The van der Waals surface area contributed by atoms with Crippen molar-refractivity contribution >= 4 is 23.0 Å². The van der Waals surface area contributed by atoms with Crippen molar-refractivity contribution in [3.63, 3.8) is 0 Å². The van der Waals surface area contributed by atoms with Gasteiger partial charge in [0.15, 0.2) is 0 Å². The second-order valence-corrected chi connectivity index (χ2v) is 6.52. The first-order chi connectivity index (χ1) is 12.4. The fourth-order valence-corrected chi connectivity index (χ4v) is 3.85. The lowest BCUT2D eigenvalue weighted by Crippen LogP contribution is -2.34. The van der Waals surface area contributed by atoms with E-state index in [4.69, 9.17) is 21.1 Å². The number of nitrogens with zero attached hydrogens (tertiary/aromatic N) is 2. The summed E-state index contributed by atoms with van der Waals surface area (Å²) in [7, 11) is 3.12. The number of nitro groups is 1. The first kappa shape index (κ1) is 18.3. The average Bonchev–Trinajstić information content (AvgIpc) is 2.60. The average molecular weight is 379 g/mol. The molecule has 26 heavy (non-hydrogen) atoms. The van der Waals surface area contributed by atoms with E-state index in [1.54, 1.807) is 33.3 Å². The van der Waals surface area contributed by atoms with Gasteiger partial charge in [-0.2, -0.15) is 0 Å². The minimum Gasteiger partial charge on any atom is -0.496 e. The van der Waals surface area contributed by atoms with E-state index in [9.17, 15) is 15.2 Å². The molecule has 1 unspecified atom stereocenters. The molecule has 0 radical (unpaired) electrons. The van der Waals surface area contributed by atoms with Gasteiger partial charge in [0.25, 0.3) is 5.69 Å². The Labute approximate surface area is 155 Å². The van der Waals surface area contributed by atoms with Crippen molar-refractivity contribution in [3.8, 4) is 11.5 Å². The fraction of sp³-hybridized carbons (Fsp3) is 0.333. The first-order valence-corrected chi connectivity index (χ1v) is 8.36. The standard InChI is InChI=1S/C18H19ClN2O5/c1-10-6-11(21(23)24)7-13(19)18(10)20-8-12-15(25-2)4-5-16(26-3)17(12)14(22)9-20/h4-7,14,22H,8-9H2,1-3H3. The number of nitro benzene ring substituents is 1. The number of ether oxygens (including phenoxy) is 2. The number of rotatable bonds is 4. The van der Waals surface area contributed by atoms with Crippen molar-refractivity contribution in [2.75, 3.05) is 25.7 Å². The third kappa shape index (κ3) is 3.04. The summed E-state index contributed by atoms with van der Waals surface area (Å²) in [5, 5.41) is 22.0. The van der Waals surface area contributed by atoms with E-state index in [1.165, 1.54) is 12.1 Å². The summed E-state index contributed by atoms with van der Waals surface area (Å²) in [5.41, 5.74) is 2.76. The smallest absolute Gasteiger partial charge is 0.271 e. The molecular formula is C18H19ClN2O5. The van der Waals surface area contributed by atoms with Crippen LogP contribution in [-0.4, -0.2) is 30.8 Å². The summed E-state index contributed by atoms with van der Waals surface area (Å²) in [6, 6.07) is 6.36. The Kier molecular flexibility index (Phi) is 4.93. The summed E-state index contributed by atoms with van der Waals surface area (Å²) in [6.45, 7) is 2.49. The van der Waals surface area contributed by atoms with Crippen LogP contribution in [0.1, 0.15) is 22.8 Å². The van der Waals surface area contributed by atoms with Crippen LogP contribution in [0, 0.1) is 17.0 Å². The lowest BCUT2D eigenvalue weighted by molar-refractivity contribution is -0.384. The van der Waals surface area contributed by atoms with Gasteiger partial charge in [0.05, 0.1) is 29.9 Å². The largest absolute Gasteiger partial charge is 0.496 e. The molecule has 0 aromatic heterocycles. The molecule has 0 fully saturated rings. The molecule has 1 N–H and O–H groups in total. The van der Waals surface area contributed by atoms with Gasteiger partial charge < -0.3 is 19.5 Å². The van der Waals surface area contributed by atoms with Crippen LogP contribution in [0.15, 0.2) is 24.3 Å². The predicted molar refractivity (Wildman–Crippen MR) is 98.4 cm³/mol. The van der Waals surface area contributed by atoms with Gasteiger partial charge in [0.2, 0.25) is 0 Å². The number of fused-ring (bicyclic) bond motifs is 1. The fourth-order valence-electron chi connectivity index (χ4n) is 3.47. The highest BCUT2D eigenvalue weighted by atomic mass is 35.5. The van der Waals surface area contributed by atoms with E-state index in [2.05, 4.69) is 0 Å². The summed E-state index contributed by atoms with van der Waals surface area (Å²) in [4.78, 5) is 12.4. The second-order valence-electron chi connectivity index (χ2n) is 6.11. The molecule has 3 rings (SSSR count). The van der Waals surface area contributed by atoms with Crippen molar-refractivity contribution in [1.82, 2.24) is 0 Å². The summed E-state index contributed by atoms with van der Waals surface area (Å²) in [6.07, 6.45) is -0.811. The zero-order valence-electron chi connectivity index (χ0n) is 14.7. The van der Waals surface area contributed by atoms with Crippen molar-refractivity contribution in [3.05, 3.63) is 56.1 Å². The Morgan fingerprint density at radius 1 is 1.27 bits per heavy atom. The second kappa shape index (κ2) is 7.01. The van der Waals surface area contributed by atoms with E-state index < -0.39 is 11.0 Å². The van der Waals surface area contributed by atoms with Crippen LogP contribution in [-0.2, 0) is 6.54 Å². The predicted octanol–water partition coefficient (Wildman–Crippen LogP) is 3.63. The lowest BCUT2D eigenvalue weighted by Gasteiger charge is -2.36. The van der Waals surface area contributed by atoms with Crippen LogP contribution in [0.5, 0.6) is 11.5 Å². The van der Waals surface area contributed by atoms with Crippen LogP contribution in [0.2, 0.25) is 5.02 Å². The number of anilines is 1. The molecule has 0 aliphatic carbocycles. The number of non-ortho nitro benzene ring substituents is 1. The summed E-state index contributed by atoms with van der Waals surface area (Å²) < 4.78 is 10.8. The third-order valence-corrected chi connectivity index (χ3v) is 4.84. The molecule has 0 amide bonds. The van der Waals surface area contributed by atoms with Gasteiger partial charge in [0, 0.05) is 36.3 Å². The number of hydrogen-bond donors (Lipinski definition) is 1. The molecule has 1 atom stereocenters. The third-order valence-electron chi connectivity index (χ3n) is 4.56. The molecule has 0 spiro atoms. The van der Waals surface area contributed by atoms with Gasteiger partial charge in [-0.05, 0) is 24.6 Å². The van der Waals surface area contributed by atoms with Crippen LogP contribution in [0.25, 0.3) is 0 Å². The molecule has 138 valence electrons. The molecule has 8 heteroatoms. The number of benzene rings is 2. The SMILES string of the molecule is COc1ccc(OC)c2c1CN(c1c(C)cc([N+](=O)[O-])cc1Cl)CC2O. The molecule has 1 aliphatic heterocycles. The maximum absolute atomic E-state index is 11.0. The normalized spacial score (nSPS) is 16.2. The molecular weight excluding hydrogens is 360 g/mol. The Hall–Kier alpha value is -2.51. The van der Waals surface area contributed by atoms with Crippen molar-refractivity contribution in [1.29, 1.82) is 0 Å². The molecule has 7 nitrogen and oxygen atoms in total. The number of methoxy groups -OCH3 is 2. The van der Waals surface area contributed by atoms with Crippen LogP contribution in [0.3, 0.4) is 0 Å². The number of β-amino-alcohol motifs (C(OH)–C–C–N with tert-alkyl or cyclic N) is 1. The maximum atomic E-state index is 11.0. The molecule has 0 bridgehead atoms. The molecule has 0 saturated carbocycles. The number of aliphatic hydroxyl groups is 1. The van der Waals surface area contributed by atoms with Crippen LogP contribution >= 0.6 is 11.6 Å². The van der Waals surface area contributed by atoms with Crippen LogP contribution in [0.4, 0.5) is 11.4 Å². The van der Waals surface area contributed by atoms with Crippen molar-refractivity contribution in [2.45, 2.75) is 19.6 Å². The Bertz CT molecular complexity index is 848. The van der Waals surface area contributed by atoms with E-state index in [-0.39, 0.29) is 17.3 Å². The molecule has 2 aromatic rings. The number of halogens is 1. The van der Waals surface area contributed by atoms with Gasteiger partial charge in [-0.3, -0.25) is 10.1 Å². The van der Waals surface area contributed by atoms with E-state index in [0.717, 1.165) is 5.56 Å². The van der Waals surface area contributed by atoms with Crippen molar-refractivity contribution < 1.29 is 19.5 Å². The lowest BCUT2D eigenvalue weighted by atomic mass is 9.94. The Morgan fingerprint density at radius 2 is 1.92 bits per heavy atom. The zero-order chi connectivity index (χ0) is 19.0. The maximum Gasteiger partial charge on any atom is 0.271 e. The summed E-state index contributed by atoms with van der Waals surface area (Å²) >= 11 is 6.34. The van der Waals surface area contributed by atoms with Crippen molar-refractivity contribution in [2.24, 2.45) is 0 Å². The molecule has 2 aromatic carbocycles. The first-order valence-electron chi connectivity index (χ1n) is 7.98. The van der Waals surface area contributed by atoms with Gasteiger partial charge >= 0.3 is 0 Å². The topological polar surface area (TPSA) is 85.1 Å². The highest BCUT2D eigenvalue weighted by Crippen LogP contribution is 2.43. The van der Waals surface area contributed by atoms with Gasteiger partial charge in [-0.1, -0.05) is 11.6 Å². The molecule has 0 saturated heterocycles. The van der Waals surface area contributed by atoms with Gasteiger partial charge in [0.1, 0.15) is 17.6 Å². The minimum absolute atomic E-state index is 0.0616. The monoisotopic (exact) mass is 378 g/mol. The number of aryl methyl sites for hydroxylation is 1. The van der Waals surface area contributed by atoms with E-state index >= 15 is 0 Å². The summed E-state index contributed by atoms with van der Waals surface area (Å²) in [5.74, 6) is 1.24. The highest BCUT2D eigenvalue weighted by molar-refractivity contribution is 6.33. The quantitative estimate of drug-likeness (QED) is 0.646. The Morgan fingerprint density at radius 3 is 2.50 bits per heavy atom. The zero-order valence-corrected chi connectivity index (χ0v) is 15.4. The Balaban J connectivity index is 2.08. The minimum atomic E-state index is -0.811. The number of aliphatic hydroxyl groups excluding tert-OH is 1. The van der Waals surface area contributed by atoms with Gasteiger partial charge in [-0.25, -0.2) is 0 Å². The van der Waals surface area contributed by atoms with Gasteiger partial charge in [-0.15, -0.1) is 0 Å². The molecule has 1 aliphatic rings. The highest BCUT2D eigenvalue weighted by Gasteiger charge is 2.31.